The van der Waals surface area contributed by atoms with E-state index < -0.39 is 18.0 Å². The largest absolute Gasteiger partial charge is 0.488 e. The summed E-state index contributed by atoms with van der Waals surface area (Å²) in [5, 5.41) is 9.83. The van der Waals surface area contributed by atoms with Crippen LogP contribution in [-0.2, 0) is 0 Å². The third-order valence-electron chi connectivity index (χ3n) is 5.67. The highest BCUT2D eigenvalue weighted by atomic mass is 35.5. The zero-order valence-electron chi connectivity index (χ0n) is 17.2. The van der Waals surface area contributed by atoms with Gasteiger partial charge in [-0.1, -0.05) is 17.7 Å². The van der Waals surface area contributed by atoms with Gasteiger partial charge in [-0.15, -0.1) is 0 Å². The molecule has 2 aliphatic carbocycles. The molecule has 0 unspecified atom stereocenters. The molecule has 2 aliphatic rings. The van der Waals surface area contributed by atoms with Crippen LogP contribution in [0.25, 0.3) is 10.4 Å². The molecule has 3 aromatic rings. The van der Waals surface area contributed by atoms with E-state index in [9.17, 15) is 18.7 Å². The van der Waals surface area contributed by atoms with Crippen molar-refractivity contribution in [2.75, 3.05) is 4.72 Å². The molecule has 0 spiro atoms. The second kappa shape index (κ2) is 8.77. The zero-order valence-corrected chi connectivity index (χ0v) is 19.6. The standard InChI is InChI=1S/C23H19ClF2N2O3S2/c24-17-9-19(31-14-10-23(25,26)11-14)18(8-16(17)20-5-6-27-32-20)28-33-21-7-13(22(29)30)3-4-15(21)12-1-2-12/h3-9,12,14,28H,1-2,10-11H2,(H,29,30). The SMILES string of the molecule is O=C(O)c1ccc(C2CC2)c(SNc2cc(-c3ccns3)c(Cl)cc2OC2CC(F)(F)C2)c1. The Bertz CT molecular complexity index is 1190. The van der Waals surface area contributed by atoms with Crippen molar-refractivity contribution >= 4 is 46.7 Å². The van der Waals surface area contributed by atoms with Gasteiger partial charge in [-0.3, -0.25) is 0 Å². The fraction of sp³-hybridized carbons (Fsp3) is 0.304. The summed E-state index contributed by atoms with van der Waals surface area (Å²) in [6, 6.07) is 10.4. The summed E-state index contributed by atoms with van der Waals surface area (Å²) < 4.78 is 39.9. The number of carboxylic acids is 1. The molecule has 2 aromatic carbocycles. The third kappa shape index (κ3) is 4.95. The van der Waals surface area contributed by atoms with Gasteiger partial charge in [-0.05, 0) is 72.1 Å². The smallest absolute Gasteiger partial charge is 0.335 e. The summed E-state index contributed by atoms with van der Waals surface area (Å²) in [5.74, 6) is -2.89. The van der Waals surface area contributed by atoms with Crippen molar-refractivity contribution in [2.45, 2.75) is 48.5 Å². The molecule has 0 amide bonds. The molecule has 0 bridgehead atoms. The molecule has 0 saturated heterocycles. The van der Waals surface area contributed by atoms with Gasteiger partial charge in [0.05, 0.1) is 21.2 Å². The van der Waals surface area contributed by atoms with E-state index in [0.29, 0.717) is 22.4 Å². The van der Waals surface area contributed by atoms with Crippen molar-refractivity contribution in [3.63, 3.8) is 0 Å². The molecule has 33 heavy (non-hydrogen) atoms. The number of rotatable bonds is 8. The quantitative estimate of drug-likeness (QED) is 0.310. The second-order valence-corrected chi connectivity index (χ2v) is 10.3. The van der Waals surface area contributed by atoms with Crippen LogP contribution in [0.1, 0.15) is 47.5 Å². The van der Waals surface area contributed by atoms with Gasteiger partial charge in [0.2, 0.25) is 0 Å². The Morgan fingerprint density at radius 3 is 2.67 bits per heavy atom. The number of benzene rings is 2. The molecule has 5 rings (SSSR count). The topological polar surface area (TPSA) is 71.5 Å². The Morgan fingerprint density at radius 1 is 1.24 bits per heavy atom. The Kier molecular flexibility index (Phi) is 5.96. The van der Waals surface area contributed by atoms with Gasteiger partial charge < -0.3 is 14.6 Å². The van der Waals surface area contributed by atoms with Crippen molar-refractivity contribution in [3.05, 3.63) is 58.7 Å². The van der Waals surface area contributed by atoms with Crippen LogP contribution in [0.3, 0.4) is 0 Å². The minimum Gasteiger partial charge on any atom is -0.488 e. The summed E-state index contributed by atoms with van der Waals surface area (Å²) in [6.07, 6.45) is 2.56. The first kappa shape index (κ1) is 22.4. The summed E-state index contributed by atoms with van der Waals surface area (Å²) in [5.41, 5.74) is 2.62. The van der Waals surface area contributed by atoms with Crippen molar-refractivity contribution < 1.29 is 23.4 Å². The molecule has 172 valence electrons. The highest BCUT2D eigenvalue weighted by Crippen LogP contribution is 2.47. The number of halogens is 3. The lowest BCUT2D eigenvalue weighted by Gasteiger charge is -2.35. The molecule has 0 atom stereocenters. The molecule has 10 heteroatoms. The number of carboxylic acid groups (broad SMARTS) is 1. The number of alkyl halides is 2. The van der Waals surface area contributed by atoms with E-state index in [1.165, 1.54) is 23.5 Å². The second-order valence-electron chi connectivity index (χ2n) is 8.25. The lowest BCUT2D eigenvalue weighted by atomic mass is 9.91. The van der Waals surface area contributed by atoms with E-state index in [1.54, 1.807) is 24.4 Å². The van der Waals surface area contributed by atoms with Crippen LogP contribution in [-0.4, -0.2) is 27.5 Å². The average molecular weight is 509 g/mol. The van der Waals surface area contributed by atoms with E-state index in [4.69, 9.17) is 16.3 Å². The highest BCUT2D eigenvalue weighted by molar-refractivity contribution is 8.00. The van der Waals surface area contributed by atoms with Gasteiger partial charge in [0, 0.05) is 35.6 Å². The number of nitrogens with zero attached hydrogens (tertiary/aromatic N) is 1. The summed E-state index contributed by atoms with van der Waals surface area (Å²) >= 11 is 9.07. The van der Waals surface area contributed by atoms with Gasteiger partial charge in [-0.25, -0.2) is 17.9 Å². The molecule has 2 fully saturated rings. The summed E-state index contributed by atoms with van der Waals surface area (Å²) in [7, 11) is 0. The Hall–Kier alpha value is -2.36. The molecule has 1 heterocycles. The number of hydrogen-bond donors (Lipinski definition) is 2. The highest BCUT2D eigenvalue weighted by Gasteiger charge is 2.47. The number of hydrogen-bond acceptors (Lipinski definition) is 6. The summed E-state index contributed by atoms with van der Waals surface area (Å²) in [6.45, 7) is 0. The molecule has 1 aromatic heterocycles. The van der Waals surface area contributed by atoms with Crippen LogP contribution in [0, 0.1) is 0 Å². The average Bonchev–Trinajstić information content (AvgIpc) is 3.45. The summed E-state index contributed by atoms with van der Waals surface area (Å²) in [4.78, 5) is 13.1. The first-order chi connectivity index (χ1) is 15.8. The minimum absolute atomic E-state index is 0.207. The van der Waals surface area contributed by atoms with E-state index >= 15 is 0 Å². The maximum absolute atomic E-state index is 13.3. The number of nitrogens with one attached hydrogen (secondary N) is 1. The van der Waals surface area contributed by atoms with E-state index in [1.807, 2.05) is 18.2 Å². The molecule has 0 radical (unpaired) electrons. The van der Waals surface area contributed by atoms with Gasteiger partial charge in [-0.2, -0.15) is 0 Å². The van der Waals surface area contributed by atoms with Crippen LogP contribution in [0.2, 0.25) is 5.02 Å². The third-order valence-corrected chi connectivity index (χ3v) is 7.66. The van der Waals surface area contributed by atoms with Crippen LogP contribution in [0.5, 0.6) is 5.75 Å². The van der Waals surface area contributed by atoms with E-state index in [0.717, 1.165) is 33.7 Å². The Labute approximate surface area is 202 Å². The maximum Gasteiger partial charge on any atom is 0.335 e. The van der Waals surface area contributed by atoms with Gasteiger partial charge in [0.15, 0.2) is 0 Å². The van der Waals surface area contributed by atoms with Crippen LogP contribution < -0.4 is 9.46 Å². The van der Waals surface area contributed by atoms with Gasteiger partial charge in [0.1, 0.15) is 11.9 Å². The predicted molar refractivity (Wildman–Crippen MR) is 126 cm³/mol. The number of aromatic carboxylic acids is 1. The van der Waals surface area contributed by atoms with E-state index in [-0.39, 0.29) is 18.4 Å². The first-order valence-corrected chi connectivity index (χ1v) is 12.3. The Morgan fingerprint density at radius 2 is 2.03 bits per heavy atom. The lowest BCUT2D eigenvalue weighted by molar-refractivity contribution is -0.134. The van der Waals surface area contributed by atoms with Crippen LogP contribution in [0.4, 0.5) is 14.5 Å². The predicted octanol–water partition coefficient (Wildman–Crippen LogP) is 7.33. The Balaban J connectivity index is 1.45. The molecule has 2 saturated carbocycles. The van der Waals surface area contributed by atoms with Crippen molar-refractivity contribution in [1.82, 2.24) is 4.37 Å². The number of anilines is 1. The normalized spacial score (nSPS) is 17.4. The minimum atomic E-state index is -2.70. The molecular formula is C23H19ClF2N2O3S2. The van der Waals surface area contributed by atoms with Crippen LogP contribution in [0.15, 0.2) is 47.5 Å². The number of aromatic nitrogens is 1. The monoisotopic (exact) mass is 508 g/mol. The molecule has 0 aliphatic heterocycles. The van der Waals surface area contributed by atoms with Crippen LogP contribution >= 0.6 is 35.1 Å². The van der Waals surface area contributed by atoms with Gasteiger partial charge in [0.25, 0.3) is 5.92 Å². The lowest BCUT2D eigenvalue weighted by Crippen LogP contribution is -2.43. The maximum atomic E-state index is 13.3. The fourth-order valence-corrected chi connectivity index (χ4v) is 5.60. The van der Waals surface area contributed by atoms with Crippen molar-refractivity contribution in [2.24, 2.45) is 0 Å². The zero-order chi connectivity index (χ0) is 23.2. The van der Waals surface area contributed by atoms with Crippen molar-refractivity contribution in [3.8, 4) is 16.2 Å². The fourth-order valence-electron chi connectivity index (χ4n) is 3.74. The van der Waals surface area contributed by atoms with E-state index in [2.05, 4.69) is 9.10 Å². The van der Waals surface area contributed by atoms with Gasteiger partial charge >= 0.3 is 5.97 Å². The number of carbonyl (C=O) groups is 1. The number of ether oxygens (including phenoxy) is 1. The first-order valence-electron chi connectivity index (χ1n) is 10.4. The molecule has 2 N–H and O–H groups in total. The molecule has 5 nitrogen and oxygen atoms in total. The van der Waals surface area contributed by atoms with Crippen molar-refractivity contribution in [1.29, 1.82) is 0 Å². The molecular weight excluding hydrogens is 490 g/mol.